The van der Waals surface area contributed by atoms with Crippen molar-refractivity contribution in [3.63, 3.8) is 0 Å². The predicted octanol–water partition coefficient (Wildman–Crippen LogP) is 5.37. The predicted molar refractivity (Wildman–Crippen MR) is 114 cm³/mol. The normalized spacial score (nSPS) is 15.7. The molecule has 0 saturated carbocycles. The van der Waals surface area contributed by atoms with Crippen LogP contribution < -0.4 is 5.32 Å². The largest absolute Gasteiger partial charge is 0.361 e. The monoisotopic (exact) mass is 379 g/mol. The molecule has 4 nitrogen and oxygen atoms in total. The number of nitrogens with zero attached hydrogens (tertiary/aromatic N) is 1. The Morgan fingerprint density at radius 1 is 1.26 bits per heavy atom. The van der Waals surface area contributed by atoms with Gasteiger partial charge in [0.1, 0.15) is 0 Å². The van der Waals surface area contributed by atoms with Crippen LogP contribution in [-0.2, 0) is 0 Å². The van der Waals surface area contributed by atoms with E-state index < -0.39 is 0 Å². The quantitative estimate of drug-likeness (QED) is 0.643. The number of H-pyrrole nitrogens is 1. The van der Waals surface area contributed by atoms with Gasteiger partial charge in [0.25, 0.3) is 5.91 Å². The van der Waals surface area contributed by atoms with Gasteiger partial charge >= 0.3 is 0 Å². The molecule has 1 amide bonds. The van der Waals surface area contributed by atoms with E-state index in [9.17, 15) is 4.79 Å². The lowest BCUT2D eigenvalue weighted by Gasteiger charge is -2.37. The minimum atomic E-state index is -0.0564. The van der Waals surface area contributed by atoms with E-state index in [4.69, 9.17) is 0 Å². The van der Waals surface area contributed by atoms with Gasteiger partial charge in [0, 0.05) is 47.0 Å². The van der Waals surface area contributed by atoms with Crippen LogP contribution in [0.4, 0.5) is 5.69 Å². The molecule has 0 saturated heterocycles. The minimum Gasteiger partial charge on any atom is -0.361 e. The molecule has 0 atom stereocenters. The summed E-state index contributed by atoms with van der Waals surface area (Å²) in [6, 6.07) is 9.79. The SMILES string of the molecule is CC(C)(C)N1CC=C(c2c[nH]c3ccc(NC(=O)c4cccs4)cc23)CC1. The number of fused-ring (bicyclic) bond motifs is 1. The average molecular weight is 380 g/mol. The minimum absolute atomic E-state index is 0.0564. The van der Waals surface area contributed by atoms with Crippen molar-refractivity contribution in [2.45, 2.75) is 32.7 Å². The van der Waals surface area contributed by atoms with Crippen molar-refractivity contribution in [2.24, 2.45) is 0 Å². The highest BCUT2D eigenvalue weighted by atomic mass is 32.1. The van der Waals surface area contributed by atoms with Gasteiger partial charge in [0.15, 0.2) is 0 Å². The number of nitrogens with one attached hydrogen (secondary N) is 2. The topological polar surface area (TPSA) is 48.1 Å². The molecule has 0 fully saturated rings. The molecule has 0 aliphatic carbocycles. The molecule has 140 valence electrons. The lowest BCUT2D eigenvalue weighted by atomic mass is 9.95. The first-order valence-corrected chi connectivity index (χ1v) is 10.2. The number of benzene rings is 1. The zero-order chi connectivity index (χ0) is 19.0. The zero-order valence-corrected chi connectivity index (χ0v) is 16.8. The summed E-state index contributed by atoms with van der Waals surface area (Å²) in [5, 5.41) is 6.09. The van der Waals surface area contributed by atoms with E-state index in [-0.39, 0.29) is 11.4 Å². The Morgan fingerprint density at radius 3 is 2.78 bits per heavy atom. The molecule has 2 N–H and O–H groups in total. The molecule has 3 aromatic rings. The lowest BCUT2D eigenvalue weighted by molar-refractivity contribution is 0.103. The summed E-state index contributed by atoms with van der Waals surface area (Å²) < 4.78 is 0. The van der Waals surface area contributed by atoms with Gasteiger partial charge in [-0.1, -0.05) is 12.1 Å². The first-order chi connectivity index (χ1) is 12.9. The van der Waals surface area contributed by atoms with Crippen LogP contribution in [0.5, 0.6) is 0 Å². The van der Waals surface area contributed by atoms with Crippen LogP contribution in [0.3, 0.4) is 0 Å². The first-order valence-electron chi connectivity index (χ1n) is 9.32. The number of carbonyl (C=O) groups excluding carboxylic acids is 1. The van der Waals surface area contributed by atoms with Gasteiger partial charge in [0.2, 0.25) is 0 Å². The molecule has 0 radical (unpaired) electrons. The van der Waals surface area contributed by atoms with Crippen molar-refractivity contribution in [1.29, 1.82) is 0 Å². The summed E-state index contributed by atoms with van der Waals surface area (Å²) >= 11 is 1.45. The van der Waals surface area contributed by atoms with Crippen LogP contribution in [0.1, 0.15) is 42.4 Å². The van der Waals surface area contributed by atoms with Gasteiger partial charge in [0.05, 0.1) is 4.88 Å². The van der Waals surface area contributed by atoms with Crippen molar-refractivity contribution in [2.75, 3.05) is 18.4 Å². The Kier molecular flexibility index (Phi) is 4.66. The fourth-order valence-corrected chi connectivity index (χ4v) is 4.21. The molecular formula is C22H25N3OS. The molecule has 1 aromatic carbocycles. The van der Waals surface area contributed by atoms with E-state index in [0.717, 1.165) is 41.0 Å². The van der Waals surface area contributed by atoms with Gasteiger partial charge in [-0.2, -0.15) is 0 Å². The number of aromatic nitrogens is 1. The molecule has 3 heterocycles. The summed E-state index contributed by atoms with van der Waals surface area (Å²) in [6.45, 7) is 8.83. The second-order valence-corrected chi connectivity index (χ2v) is 8.94. The standard InChI is InChI=1S/C22H25N3OS/c1-22(2,3)25-10-8-15(9-11-25)18-14-23-19-7-6-16(13-17(18)19)24-21(26)20-5-4-12-27-20/h4-8,12-14,23H,9-11H2,1-3H3,(H,24,26). The maximum atomic E-state index is 12.3. The van der Waals surface area contributed by atoms with E-state index >= 15 is 0 Å². The van der Waals surface area contributed by atoms with Gasteiger partial charge in [-0.3, -0.25) is 9.69 Å². The Labute approximate surface area is 163 Å². The molecule has 4 rings (SSSR count). The maximum Gasteiger partial charge on any atom is 0.265 e. The summed E-state index contributed by atoms with van der Waals surface area (Å²) in [7, 11) is 0. The van der Waals surface area contributed by atoms with Crippen molar-refractivity contribution in [3.05, 3.63) is 58.4 Å². The summed E-state index contributed by atoms with van der Waals surface area (Å²) in [5.74, 6) is -0.0564. The highest BCUT2D eigenvalue weighted by molar-refractivity contribution is 7.12. The third-order valence-corrected chi connectivity index (χ3v) is 6.06. The highest BCUT2D eigenvalue weighted by Gasteiger charge is 2.24. The second kappa shape index (κ2) is 6.98. The number of rotatable bonds is 3. The second-order valence-electron chi connectivity index (χ2n) is 7.99. The Bertz CT molecular complexity index is 992. The van der Waals surface area contributed by atoms with Crippen LogP contribution in [0.25, 0.3) is 16.5 Å². The first kappa shape index (κ1) is 18.0. The van der Waals surface area contributed by atoms with Gasteiger partial charge in [-0.25, -0.2) is 0 Å². The third kappa shape index (κ3) is 3.70. The van der Waals surface area contributed by atoms with Crippen molar-refractivity contribution >= 4 is 39.4 Å². The maximum absolute atomic E-state index is 12.3. The molecule has 5 heteroatoms. The lowest BCUT2D eigenvalue weighted by Crippen LogP contribution is -2.43. The number of aromatic amines is 1. The van der Waals surface area contributed by atoms with E-state index in [1.165, 1.54) is 22.5 Å². The molecule has 2 aromatic heterocycles. The molecular weight excluding hydrogens is 354 g/mol. The van der Waals surface area contributed by atoms with Gasteiger partial charge in [-0.15, -0.1) is 11.3 Å². The van der Waals surface area contributed by atoms with Crippen LogP contribution in [0, 0.1) is 0 Å². The van der Waals surface area contributed by atoms with Crippen LogP contribution in [-0.4, -0.2) is 34.4 Å². The molecule has 0 bridgehead atoms. The molecule has 27 heavy (non-hydrogen) atoms. The van der Waals surface area contributed by atoms with E-state index in [0.29, 0.717) is 0 Å². The highest BCUT2D eigenvalue weighted by Crippen LogP contribution is 2.32. The number of hydrogen-bond acceptors (Lipinski definition) is 3. The fraction of sp³-hybridized carbons (Fsp3) is 0.318. The van der Waals surface area contributed by atoms with Crippen molar-refractivity contribution < 1.29 is 4.79 Å². The Balaban J connectivity index is 1.59. The summed E-state index contributed by atoms with van der Waals surface area (Å²) in [6.07, 6.45) is 5.47. The Morgan fingerprint density at radius 2 is 2.11 bits per heavy atom. The van der Waals surface area contributed by atoms with Gasteiger partial charge in [-0.05, 0) is 62.4 Å². The summed E-state index contributed by atoms with van der Waals surface area (Å²) in [5.41, 5.74) is 4.74. The average Bonchev–Trinajstić information content (AvgIpc) is 3.31. The van der Waals surface area contributed by atoms with Crippen molar-refractivity contribution in [1.82, 2.24) is 9.88 Å². The van der Waals surface area contributed by atoms with E-state index in [1.54, 1.807) is 0 Å². The zero-order valence-electron chi connectivity index (χ0n) is 16.0. The number of anilines is 1. The van der Waals surface area contributed by atoms with Crippen LogP contribution in [0.2, 0.25) is 0 Å². The smallest absolute Gasteiger partial charge is 0.265 e. The number of carbonyl (C=O) groups is 1. The third-order valence-electron chi connectivity index (χ3n) is 5.19. The van der Waals surface area contributed by atoms with Crippen molar-refractivity contribution in [3.8, 4) is 0 Å². The van der Waals surface area contributed by atoms with Crippen LogP contribution >= 0.6 is 11.3 Å². The fourth-order valence-electron chi connectivity index (χ4n) is 3.59. The molecule has 0 unspecified atom stereocenters. The molecule has 1 aliphatic heterocycles. The van der Waals surface area contributed by atoms with Gasteiger partial charge < -0.3 is 10.3 Å². The van der Waals surface area contributed by atoms with E-state index in [2.05, 4.69) is 54.3 Å². The Hall–Kier alpha value is -2.37. The van der Waals surface area contributed by atoms with Crippen LogP contribution in [0.15, 0.2) is 48.0 Å². The number of amides is 1. The molecule has 1 aliphatic rings. The number of hydrogen-bond donors (Lipinski definition) is 2. The van der Waals surface area contributed by atoms with E-state index in [1.807, 2.05) is 29.6 Å². The molecule has 0 spiro atoms. The summed E-state index contributed by atoms with van der Waals surface area (Å²) in [4.78, 5) is 18.9. The number of thiophene rings is 1.